The highest BCUT2D eigenvalue weighted by Gasteiger charge is 2.15. The van der Waals surface area contributed by atoms with Gasteiger partial charge in [0.25, 0.3) is 0 Å². The fraction of sp³-hybridized carbons (Fsp3) is 0.500. The van der Waals surface area contributed by atoms with E-state index in [0.717, 1.165) is 36.5 Å². The third-order valence-corrected chi connectivity index (χ3v) is 3.38. The molecular formula is C14H19ClN2O2. The van der Waals surface area contributed by atoms with E-state index in [1.54, 1.807) is 0 Å². The molecule has 2 N–H and O–H groups in total. The number of nitrogens with one attached hydrogen (secondary N) is 2. The van der Waals surface area contributed by atoms with Crippen molar-refractivity contribution in [2.45, 2.75) is 25.4 Å². The fourth-order valence-electron chi connectivity index (χ4n) is 2.05. The lowest BCUT2D eigenvalue weighted by Crippen LogP contribution is -2.40. The van der Waals surface area contributed by atoms with Gasteiger partial charge in [-0.1, -0.05) is 23.7 Å². The normalized spacial score (nSPS) is 18.3. The number of hydrogen-bond donors (Lipinski definition) is 2. The molecule has 1 heterocycles. The highest BCUT2D eigenvalue weighted by Crippen LogP contribution is 2.10. The van der Waals surface area contributed by atoms with Gasteiger partial charge in [-0.2, -0.15) is 0 Å². The molecule has 1 fully saturated rings. The molecule has 0 saturated carbocycles. The van der Waals surface area contributed by atoms with Gasteiger partial charge < -0.3 is 15.4 Å². The SMILES string of the molecule is O=C(NCCc1ccc(Cl)cc1)NCC1CCCO1. The van der Waals surface area contributed by atoms with Crippen molar-refractivity contribution in [3.8, 4) is 0 Å². The Morgan fingerprint density at radius 2 is 2.11 bits per heavy atom. The smallest absolute Gasteiger partial charge is 0.314 e. The van der Waals surface area contributed by atoms with Crippen LogP contribution in [0, 0.1) is 0 Å². The van der Waals surface area contributed by atoms with Crippen molar-refractivity contribution in [2.24, 2.45) is 0 Å². The first kappa shape index (κ1) is 14.2. The Hall–Kier alpha value is -1.26. The molecule has 1 unspecified atom stereocenters. The summed E-state index contributed by atoms with van der Waals surface area (Å²) in [6.07, 6.45) is 3.10. The molecule has 4 nitrogen and oxygen atoms in total. The maximum Gasteiger partial charge on any atom is 0.314 e. The number of benzene rings is 1. The maximum atomic E-state index is 11.5. The Labute approximate surface area is 118 Å². The van der Waals surface area contributed by atoms with Crippen LogP contribution < -0.4 is 10.6 Å². The third-order valence-electron chi connectivity index (χ3n) is 3.13. The molecule has 1 aliphatic rings. The molecule has 1 atom stereocenters. The summed E-state index contributed by atoms with van der Waals surface area (Å²) in [5.41, 5.74) is 1.16. The Morgan fingerprint density at radius 1 is 1.32 bits per heavy atom. The minimum absolute atomic E-state index is 0.135. The highest BCUT2D eigenvalue weighted by molar-refractivity contribution is 6.30. The van der Waals surface area contributed by atoms with Gasteiger partial charge in [0, 0.05) is 24.7 Å². The summed E-state index contributed by atoms with van der Waals surface area (Å²) in [5.74, 6) is 0. The molecule has 1 aromatic rings. The zero-order valence-corrected chi connectivity index (χ0v) is 11.6. The summed E-state index contributed by atoms with van der Waals surface area (Å²) < 4.78 is 5.43. The van der Waals surface area contributed by atoms with Gasteiger partial charge in [0.15, 0.2) is 0 Å². The molecule has 0 aliphatic carbocycles. The van der Waals surface area contributed by atoms with Crippen molar-refractivity contribution in [1.82, 2.24) is 10.6 Å². The van der Waals surface area contributed by atoms with Gasteiger partial charge in [0.05, 0.1) is 6.10 Å². The number of carbonyl (C=O) groups excluding carboxylic acids is 1. The summed E-state index contributed by atoms with van der Waals surface area (Å²) in [7, 11) is 0. The lowest BCUT2D eigenvalue weighted by atomic mass is 10.1. The summed E-state index contributed by atoms with van der Waals surface area (Å²) in [6, 6.07) is 7.51. The van der Waals surface area contributed by atoms with Gasteiger partial charge in [-0.25, -0.2) is 4.79 Å². The van der Waals surface area contributed by atoms with Gasteiger partial charge in [-0.05, 0) is 37.0 Å². The standard InChI is InChI=1S/C14H19ClN2O2/c15-12-5-3-11(4-6-12)7-8-16-14(18)17-10-13-2-1-9-19-13/h3-6,13H,1-2,7-10H2,(H2,16,17,18). The minimum atomic E-state index is -0.135. The van der Waals surface area contributed by atoms with Crippen LogP contribution in [-0.2, 0) is 11.2 Å². The first-order valence-corrected chi connectivity index (χ1v) is 6.99. The van der Waals surface area contributed by atoms with Crippen LogP contribution in [0.3, 0.4) is 0 Å². The van der Waals surface area contributed by atoms with E-state index in [4.69, 9.17) is 16.3 Å². The molecule has 19 heavy (non-hydrogen) atoms. The maximum absolute atomic E-state index is 11.5. The number of carbonyl (C=O) groups is 1. The van der Waals surface area contributed by atoms with Crippen LogP contribution >= 0.6 is 11.6 Å². The second-order valence-corrected chi connectivity index (χ2v) is 5.08. The Morgan fingerprint density at radius 3 is 2.79 bits per heavy atom. The quantitative estimate of drug-likeness (QED) is 0.871. The first-order valence-electron chi connectivity index (χ1n) is 6.62. The number of halogens is 1. The second-order valence-electron chi connectivity index (χ2n) is 4.65. The van der Waals surface area contributed by atoms with Crippen molar-refractivity contribution in [2.75, 3.05) is 19.7 Å². The molecule has 0 aromatic heterocycles. The molecule has 5 heteroatoms. The number of hydrogen-bond acceptors (Lipinski definition) is 2. The van der Waals surface area contributed by atoms with Crippen molar-refractivity contribution in [1.29, 1.82) is 0 Å². The molecule has 1 saturated heterocycles. The zero-order valence-electron chi connectivity index (χ0n) is 10.8. The summed E-state index contributed by atoms with van der Waals surface area (Å²) in [4.78, 5) is 11.5. The van der Waals surface area contributed by atoms with E-state index in [9.17, 15) is 4.79 Å². The fourth-order valence-corrected chi connectivity index (χ4v) is 2.17. The van der Waals surface area contributed by atoms with E-state index in [0.29, 0.717) is 13.1 Å². The van der Waals surface area contributed by atoms with Crippen molar-refractivity contribution in [3.05, 3.63) is 34.9 Å². The molecule has 0 bridgehead atoms. The van der Waals surface area contributed by atoms with Crippen LogP contribution in [-0.4, -0.2) is 31.8 Å². The van der Waals surface area contributed by atoms with E-state index in [-0.39, 0.29) is 12.1 Å². The average Bonchev–Trinajstić information content (AvgIpc) is 2.92. The van der Waals surface area contributed by atoms with Crippen LogP contribution in [0.4, 0.5) is 4.79 Å². The second kappa shape index (κ2) is 7.36. The summed E-state index contributed by atoms with van der Waals surface area (Å²) in [6.45, 7) is 2.01. The molecule has 0 spiro atoms. The van der Waals surface area contributed by atoms with Crippen LogP contribution in [0.2, 0.25) is 5.02 Å². The Bertz CT molecular complexity index is 402. The molecule has 1 aliphatic heterocycles. The first-order chi connectivity index (χ1) is 9.24. The Kier molecular flexibility index (Phi) is 5.48. The average molecular weight is 283 g/mol. The van der Waals surface area contributed by atoms with Crippen molar-refractivity contribution >= 4 is 17.6 Å². The summed E-state index contributed by atoms with van der Waals surface area (Å²) >= 11 is 5.81. The monoisotopic (exact) mass is 282 g/mol. The van der Waals surface area contributed by atoms with E-state index in [1.807, 2.05) is 24.3 Å². The lowest BCUT2D eigenvalue weighted by Gasteiger charge is -2.11. The third kappa shape index (κ3) is 5.09. The van der Waals surface area contributed by atoms with Crippen LogP contribution in [0.5, 0.6) is 0 Å². The van der Waals surface area contributed by atoms with E-state index in [1.165, 1.54) is 0 Å². The number of urea groups is 1. The van der Waals surface area contributed by atoms with Gasteiger partial charge >= 0.3 is 6.03 Å². The number of amides is 2. The van der Waals surface area contributed by atoms with E-state index >= 15 is 0 Å². The van der Waals surface area contributed by atoms with Gasteiger partial charge in [0.2, 0.25) is 0 Å². The number of ether oxygens (including phenoxy) is 1. The van der Waals surface area contributed by atoms with E-state index in [2.05, 4.69) is 10.6 Å². The summed E-state index contributed by atoms with van der Waals surface area (Å²) in [5, 5.41) is 6.38. The topological polar surface area (TPSA) is 50.4 Å². The Balaban J connectivity index is 1.59. The molecule has 0 radical (unpaired) electrons. The number of rotatable bonds is 5. The van der Waals surface area contributed by atoms with Gasteiger partial charge in [-0.15, -0.1) is 0 Å². The van der Waals surface area contributed by atoms with E-state index < -0.39 is 0 Å². The molecule has 1 aromatic carbocycles. The minimum Gasteiger partial charge on any atom is -0.376 e. The van der Waals surface area contributed by atoms with Crippen molar-refractivity contribution in [3.63, 3.8) is 0 Å². The zero-order chi connectivity index (χ0) is 13.5. The van der Waals surface area contributed by atoms with Crippen molar-refractivity contribution < 1.29 is 9.53 Å². The molecule has 104 valence electrons. The predicted molar refractivity (Wildman–Crippen MR) is 75.5 cm³/mol. The molecule has 2 rings (SSSR count). The molecular weight excluding hydrogens is 264 g/mol. The van der Waals surface area contributed by atoms with Crippen LogP contribution in [0.25, 0.3) is 0 Å². The van der Waals surface area contributed by atoms with Crippen LogP contribution in [0.1, 0.15) is 18.4 Å². The molecule has 2 amide bonds. The largest absolute Gasteiger partial charge is 0.376 e. The van der Waals surface area contributed by atoms with Gasteiger partial charge in [0.1, 0.15) is 0 Å². The predicted octanol–water partition coefficient (Wildman–Crippen LogP) is 2.36. The van der Waals surface area contributed by atoms with Gasteiger partial charge in [-0.3, -0.25) is 0 Å². The highest BCUT2D eigenvalue weighted by atomic mass is 35.5. The lowest BCUT2D eigenvalue weighted by molar-refractivity contribution is 0.111. The van der Waals surface area contributed by atoms with Crippen LogP contribution in [0.15, 0.2) is 24.3 Å².